The molecule has 1 aromatic rings. The third kappa shape index (κ3) is 7.29. The molecule has 130 valence electrons. The molecule has 1 N–H and O–H groups in total. The first-order valence-corrected chi connectivity index (χ1v) is 11.6. The summed E-state index contributed by atoms with van der Waals surface area (Å²) in [6.07, 6.45) is 2.91. The Bertz CT molecular complexity index is 411. The molecular weight excluding hydrogens is 326 g/mol. The number of benzene rings is 1. The quantitative estimate of drug-likeness (QED) is 0.324. The van der Waals surface area contributed by atoms with E-state index in [9.17, 15) is 0 Å². The Kier molecular flexibility index (Phi) is 10.7. The third-order valence-corrected chi connectivity index (χ3v) is 8.43. The van der Waals surface area contributed by atoms with Crippen LogP contribution in [0, 0.1) is 0 Å². The second-order valence-corrected chi connectivity index (χ2v) is 9.43. The molecule has 0 saturated heterocycles. The molecule has 0 spiro atoms. The van der Waals surface area contributed by atoms with Gasteiger partial charge < -0.3 is 0 Å². The second-order valence-electron chi connectivity index (χ2n) is 5.16. The molecule has 0 saturated carbocycles. The Morgan fingerprint density at radius 1 is 1.04 bits per heavy atom. The van der Waals surface area contributed by atoms with Crippen LogP contribution in [0.2, 0.25) is 4.73 Å². The van der Waals surface area contributed by atoms with E-state index in [0.29, 0.717) is 19.8 Å². The molecule has 5 heteroatoms. The van der Waals surface area contributed by atoms with Crippen LogP contribution in [0.1, 0.15) is 38.8 Å². The van der Waals surface area contributed by atoms with E-state index in [4.69, 9.17) is 9.96 Å². The average Bonchev–Trinajstić information content (AvgIpc) is 2.56. The Hall–Kier alpha value is -0.486. The summed E-state index contributed by atoms with van der Waals surface area (Å²) in [5.41, 5.74) is 1.23. The molecule has 23 heavy (non-hydrogen) atoms. The van der Waals surface area contributed by atoms with Crippen LogP contribution >= 0.6 is 0 Å². The van der Waals surface area contributed by atoms with Crippen LogP contribution in [0.4, 0.5) is 0 Å². The van der Waals surface area contributed by atoms with E-state index in [1.165, 1.54) is 5.56 Å². The average molecular weight is 357 g/mol. The summed E-state index contributed by atoms with van der Waals surface area (Å²) < 4.78 is 18.6. The first-order chi connectivity index (χ1) is 11.2. The number of hydrogen-bond donors (Lipinski definition) is 1. The van der Waals surface area contributed by atoms with Crippen LogP contribution in [-0.4, -0.2) is 26.4 Å². The minimum absolute atomic E-state index is 0.171. The maximum atomic E-state index is 5.92. The molecule has 0 aliphatic rings. The van der Waals surface area contributed by atoms with Crippen LogP contribution in [0.25, 0.3) is 0 Å². The molecule has 0 bridgehead atoms. The molecular formula is C18H31NO3Ti. The molecule has 0 aromatic heterocycles. The predicted octanol–water partition coefficient (Wildman–Crippen LogP) is 4.32. The molecule has 1 atom stereocenters. The van der Waals surface area contributed by atoms with Crippen molar-refractivity contribution in [3.63, 3.8) is 0 Å². The summed E-state index contributed by atoms with van der Waals surface area (Å²) in [4.78, 5) is 0. The van der Waals surface area contributed by atoms with Gasteiger partial charge in [0, 0.05) is 0 Å². The fraction of sp³-hybridized carbons (Fsp3) is 0.556. The normalized spacial score (nSPS) is 13.0. The first kappa shape index (κ1) is 20.6. The van der Waals surface area contributed by atoms with Crippen LogP contribution in [0.3, 0.4) is 0 Å². The van der Waals surface area contributed by atoms with Crippen molar-refractivity contribution >= 4 is 0 Å². The molecule has 0 aliphatic carbocycles. The Morgan fingerprint density at radius 3 is 2.09 bits per heavy atom. The van der Waals surface area contributed by atoms with Crippen LogP contribution < -0.4 is 5.32 Å². The molecule has 0 aliphatic heterocycles. The minimum atomic E-state index is -3.08. The van der Waals surface area contributed by atoms with Gasteiger partial charge in [-0.3, -0.25) is 0 Å². The summed E-state index contributed by atoms with van der Waals surface area (Å²) >= 11 is -3.08. The van der Waals surface area contributed by atoms with Crippen molar-refractivity contribution in [3.8, 4) is 0 Å². The predicted molar refractivity (Wildman–Crippen MR) is 91.7 cm³/mol. The van der Waals surface area contributed by atoms with E-state index in [2.05, 4.69) is 24.0 Å². The van der Waals surface area contributed by atoms with E-state index in [-0.39, 0.29) is 6.04 Å². The third-order valence-electron chi connectivity index (χ3n) is 3.51. The summed E-state index contributed by atoms with van der Waals surface area (Å²) in [5, 5.41) is 3.53. The van der Waals surface area contributed by atoms with Gasteiger partial charge in [0.1, 0.15) is 0 Å². The zero-order chi connectivity index (χ0) is 17.0. The van der Waals surface area contributed by atoms with Crippen molar-refractivity contribution in [2.75, 3.05) is 26.4 Å². The van der Waals surface area contributed by atoms with E-state index < -0.39 is 17.8 Å². The summed E-state index contributed by atoms with van der Waals surface area (Å²) in [6, 6.07) is 10.5. The van der Waals surface area contributed by atoms with Gasteiger partial charge in [0.15, 0.2) is 0 Å². The van der Waals surface area contributed by atoms with Crippen molar-refractivity contribution < 1.29 is 27.7 Å². The van der Waals surface area contributed by atoms with Crippen molar-refractivity contribution in [1.29, 1.82) is 0 Å². The SMILES string of the molecule is C=CC(NCC[CH2][Ti]([O]CC)([O]CC)[O]CC)c1ccccc1. The van der Waals surface area contributed by atoms with Gasteiger partial charge in [0.05, 0.1) is 0 Å². The van der Waals surface area contributed by atoms with E-state index >= 15 is 0 Å². The Morgan fingerprint density at radius 2 is 1.61 bits per heavy atom. The van der Waals surface area contributed by atoms with Gasteiger partial charge in [-0.15, -0.1) is 0 Å². The molecule has 0 amide bonds. The van der Waals surface area contributed by atoms with Gasteiger partial charge in [-0.05, 0) is 0 Å². The fourth-order valence-corrected chi connectivity index (χ4v) is 6.64. The van der Waals surface area contributed by atoms with Gasteiger partial charge in [-0.2, -0.15) is 0 Å². The van der Waals surface area contributed by atoms with E-state index in [1.807, 2.05) is 45.0 Å². The van der Waals surface area contributed by atoms with Gasteiger partial charge >= 0.3 is 146 Å². The Labute approximate surface area is 146 Å². The van der Waals surface area contributed by atoms with Crippen LogP contribution in [0.5, 0.6) is 0 Å². The maximum absolute atomic E-state index is 5.92. The van der Waals surface area contributed by atoms with Gasteiger partial charge in [0.25, 0.3) is 0 Å². The summed E-state index contributed by atoms with van der Waals surface area (Å²) in [5.74, 6) is 0. The molecule has 0 fully saturated rings. The summed E-state index contributed by atoms with van der Waals surface area (Å²) in [7, 11) is 0. The zero-order valence-corrected chi connectivity index (χ0v) is 16.3. The van der Waals surface area contributed by atoms with Crippen molar-refractivity contribution in [1.82, 2.24) is 5.32 Å². The van der Waals surface area contributed by atoms with E-state index in [1.54, 1.807) is 0 Å². The Balaban J connectivity index is 2.50. The number of hydrogen-bond acceptors (Lipinski definition) is 4. The van der Waals surface area contributed by atoms with Gasteiger partial charge in [0.2, 0.25) is 0 Å². The molecule has 1 unspecified atom stereocenters. The molecule has 1 rings (SSSR count). The molecule has 0 radical (unpaired) electrons. The van der Waals surface area contributed by atoms with Gasteiger partial charge in [-0.25, -0.2) is 0 Å². The van der Waals surface area contributed by atoms with Crippen molar-refractivity contribution in [3.05, 3.63) is 48.6 Å². The van der Waals surface area contributed by atoms with Crippen LogP contribution in [-0.2, 0) is 27.7 Å². The van der Waals surface area contributed by atoms with E-state index in [0.717, 1.165) is 17.7 Å². The second kappa shape index (κ2) is 12.0. The molecule has 4 nitrogen and oxygen atoms in total. The standard InChI is InChI=1S/C12H16N.3C2H5O.Ti/c1-3-10-13-12(4-2)11-8-6-5-7-9-11;3*1-2-3;/h4-9,12-13H,1-3,10H2;3*2H2,1H3;/q;3*-1;+3. The van der Waals surface area contributed by atoms with Crippen LogP contribution in [0.15, 0.2) is 43.0 Å². The topological polar surface area (TPSA) is 39.7 Å². The van der Waals surface area contributed by atoms with Gasteiger partial charge in [-0.1, -0.05) is 0 Å². The van der Waals surface area contributed by atoms with Crippen molar-refractivity contribution in [2.45, 2.75) is 38.0 Å². The molecule has 0 heterocycles. The monoisotopic (exact) mass is 357 g/mol. The fourth-order valence-electron chi connectivity index (χ4n) is 2.56. The first-order valence-electron chi connectivity index (χ1n) is 8.54. The molecule has 1 aromatic carbocycles. The van der Waals surface area contributed by atoms with Crippen molar-refractivity contribution in [2.24, 2.45) is 0 Å². The zero-order valence-electron chi connectivity index (χ0n) is 14.7. The summed E-state index contributed by atoms with van der Waals surface area (Å²) in [6.45, 7) is 12.7. The number of nitrogens with one attached hydrogen (secondary N) is 1. The number of rotatable bonds is 13.